The zero-order valence-corrected chi connectivity index (χ0v) is 13.2. The Balaban J connectivity index is 1.65. The molecule has 1 aromatic heterocycles. The maximum atomic E-state index is 4.35. The van der Waals surface area contributed by atoms with E-state index >= 15 is 0 Å². The minimum absolute atomic E-state index is 0.606. The van der Waals surface area contributed by atoms with Crippen molar-refractivity contribution in [2.75, 3.05) is 26.7 Å². The van der Waals surface area contributed by atoms with Crippen LogP contribution in [0.5, 0.6) is 0 Å². The van der Waals surface area contributed by atoms with Gasteiger partial charge in [0.25, 0.3) is 0 Å². The number of piperidine rings is 1. The highest BCUT2D eigenvalue weighted by molar-refractivity contribution is 4.84. The van der Waals surface area contributed by atoms with E-state index in [0.717, 1.165) is 31.4 Å². The van der Waals surface area contributed by atoms with E-state index in [2.05, 4.69) is 41.2 Å². The summed E-state index contributed by atoms with van der Waals surface area (Å²) in [4.78, 5) is 6.78. The highest BCUT2D eigenvalue weighted by atomic mass is 15.3. The molecule has 0 saturated carbocycles. The number of hydrogen-bond acceptors (Lipinski definition) is 4. The smallest absolute Gasteiger partial charge is 0.140 e. The summed E-state index contributed by atoms with van der Waals surface area (Å²) in [6.45, 7) is 9.80. The van der Waals surface area contributed by atoms with Crippen LogP contribution in [0.1, 0.15) is 38.9 Å². The zero-order valence-electron chi connectivity index (χ0n) is 13.2. The van der Waals surface area contributed by atoms with E-state index in [1.165, 1.54) is 32.4 Å². The molecule has 0 amide bonds. The first-order valence-corrected chi connectivity index (χ1v) is 7.91. The number of nitrogens with zero attached hydrogens (tertiary/aromatic N) is 4. The molecule has 0 spiro atoms. The third kappa shape index (κ3) is 4.87. The lowest BCUT2D eigenvalue weighted by molar-refractivity contribution is 0.211. The highest BCUT2D eigenvalue weighted by Crippen LogP contribution is 2.18. The first-order valence-electron chi connectivity index (χ1n) is 7.91. The second-order valence-corrected chi connectivity index (χ2v) is 6.46. The maximum absolute atomic E-state index is 4.35. The van der Waals surface area contributed by atoms with Crippen molar-refractivity contribution in [3.63, 3.8) is 0 Å². The molecule has 1 aromatic rings. The van der Waals surface area contributed by atoms with Crippen LogP contribution in [0.2, 0.25) is 0 Å². The molecule has 0 aliphatic carbocycles. The largest absolute Gasteiger partial charge is 0.310 e. The zero-order chi connectivity index (χ0) is 14.4. The second-order valence-electron chi connectivity index (χ2n) is 6.46. The Hall–Kier alpha value is -0.940. The number of hydrogen-bond donors (Lipinski definition) is 1. The summed E-state index contributed by atoms with van der Waals surface area (Å²) in [5.74, 6) is 2.56. The topological polar surface area (TPSA) is 46.0 Å². The van der Waals surface area contributed by atoms with Gasteiger partial charge in [0.2, 0.25) is 0 Å². The number of aromatic nitrogens is 3. The fourth-order valence-corrected chi connectivity index (χ4v) is 2.78. The molecule has 2 rings (SSSR count). The van der Waals surface area contributed by atoms with Gasteiger partial charge >= 0.3 is 0 Å². The molecule has 0 radical (unpaired) electrons. The molecule has 1 saturated heterocycles. The van der Waals surface area contributed by atoms with Gasteiger partial charge in [-0.25, -0.2) is 9.67 Å². The van der Waals surface area contributed by atoms with Crippen molar-refractivity contribution in [1.29, 1.82) is 0 Å². The van der Waals surface area contributed by atoms with Crippen LogP contribution < -0.4 is 5.32 Å². The molecule has 114 valence electrons. The quantitative estimate of drug-likeness (QED) is 0.773. The normalized spacial score (nSPS) is 18.0. The standard InChI is InChI=1S/C15H29N5/c1-13(2)11-20-15(17-12-18-20)10-16-7-4-14-5-8-19(3)9-6-14/h12-14,16H,4-11H2,1-3H3. The molecule has 0 bridgehead atoms. The lowest BCUT2D eigenvalue weighted by atomic mass is 9.94. The molecule has 5 heteroatoms. The summed E-state index contributed by atoms with van der Waals surface area (Å²) in [5.41, 5.74) is 0. The molecule has 2 heterocycles. The van der Waals surface area contributed by atoms with Gasteiger partial charge in [-0.05, 0) is 57.8 Å². The Morgan fingerprint density at radius 1 is 1.35 bits per heavy atom. The van der Waals surface area contributed by atoms with Crippen LogP contribution in [0.15, 0.2) is 6.33 Å². The molecule has 5 nitrogen and oxygen atoms in total. The minimum atomic E-state index is 0.606. The second kappa shape index (κ2) is 7.74. The first-order chi connectivity index (χ1) is 9.65. The van der Waals surface area contributed by atoms with Gasteiger partial charge in [-0.2, -0.15) is 5.10 Å². The third-order valence-electron chi connectivity index (χ3n) is 4.08. The van der Waals surface area contributed by atoms with Crippen LogP contribution in [0.4, 0.5) is 0 Å². The van der Waals surface area contributed by atoms with Gasteiger partial charge in [0.1, 0.15) is 12.2 Å². The van der Waals surface area contributed by atoms with E-state index in [0.29, 0.717) is 5.92 Å². The molecule has 1 aliphatic rings. The van der Waals surface area contributed by atoms with Crippen molar-refractivity contribution in [3.05, 3.63) is 12.2 Å². The summed E-state index contributed by atoms with van der Waals surface area (Å²) >= 11 is 0. The summed E-state index contributed by atoms with van der Waals surface area (Å²) < 4.78 is 2.02. The minimum Gasteiger partial charge on any atom is -0.310 e. The fourth-order valence-electron chi connectivity index (χ4n) is 2.78. The van der Waals surface area contributed by atoms with Gasteiger partial charge in [-0.1, -0.05) is 13.8 Å². The van der Waals surface area contributed by atoms with Crippen molar-refractivity contribution >= 4 is 0 Å². The van der Waals surface area contributed by atoms with Crippen molar-refractivity contribution in [1.82, 2.24) is 25.0 Å². The first kappa shape index (κ1) is 15.4. The Bertz CT molecular complexity index is 379. The predicted molar refractivity (Wildman–Crippen MR) is 81.4 cm³/mol. The average Bonchev–Trinajstić information content (AvgIpc) is 2.83. The van der Waals surface area contributed by atoms with E-state index in [1.54, 1.807) is 6.33 Å². The van der Waals surface area contributed by atoms with Gasteiger partial charge in [-0.3, -0.25) is 0 Å². The van der Waals surface area contributed by atoms with Crippen LogP contribution in [0.3, 0.4) is 0 Å². The van der Waals surface area contributed by atoms with Gasteiger partial charge in [0.05, 0.1) is 6.54 Å². The third-order valence-corrected chi connectivity index (χ3v) is 4.08. The summed E-state index contributed by atoms with van der Waals surface area (Å²) in [5, 5.41) is 7.82. The summed E-state index contributed by atoms with van der Waals surface area (Å²) in [6, 6.07) is 0. The lowest BCUT2D eigenvalue weighted by Gasteiger charge is -2.28. The van der Waals surface area contributed by atoms with Crippen molar-refractivity contribution in [2.45, 2.75) is 46.2 Å². The molecule has 0 aromatic carbocycles. The van der Waals surface area contributed by atoms with Gasteiger partial charge in [0.15, 0.2) is 0 Å². The molecule has 0 atom stereocenters. The van der Waals surface area contributed by atoms with Crippen molar-refractivity contribution in [3.8, 4) is 0 Å². The molecule has 20 heavy (non-hydrogen) atoms. The molecule has 1 fully saturated rings. The van der Waals surface area contributed by atoms with Gasteiger partial charge < -0.3 is 10.2 Å². The molecular formula is C15H29N5. The Kier molecular flexibility index (Phi) is 5.98. The van der Waals surface area contributed by atoms with E-state index < -0.39 is 0 Å². The van der Waals surface area contributed by atoms with E-state index in [-0.39, 0.29) is 0 Å². The summed E-state index contributed by atoms with van der Waals surface area (Å²) in [6.07, 6.45) is 5.64. The van der Waals surface area contributed by atoms with Crippen molar-refractivity contribution < 1.29 is 0 Å². The Morgan fingerprint density at radius 3 is 2.80 bits per heavy atom. The lowest BCUT2D eigenvalue weighted by Crippen LogP contribution is -2.31. The SMILES string of the molecule is CC(C)Cn1ncnc1CNCCC1CCN(C)CC1. The van der Waals surface area contributed by atoms with Crippen LogP contribution in [-0.2, 0) is 13.1 Å². The number of nitrogens with one attached hydrogen (secondary N) is 1. The number of likely N-dealkylation sites (tertiary alicyclic amines) is 1. The molecule has 1 N–H and O–H groups in total. The van der Waals surface area contributed by atoms with Crippen LogP contribution in [-0.4, -0.2) is 46.3 Å². The molecule has 0 unspecified atom stereocenters. The summed E-state index contributed by atoms with van der Waals surface area (Å²) in [7, 11) is 2.22. The van der Waals surface area contributed by atoms with Crippen LogP contribution in [0.25, 0.3) is 0 Å². The van der Waals surface area contributed by atoms with Gasteiger partial charge in [0, 0.05) is 6.54 Å². The Labute approximate surface area is 122 Å². The van der Waals surface area contributed by atoms with E-state index in [4.69, 9.17) is 0 Å². The monoisotopic (exact) mass is 279 g/mol. The van der Waals surface area contributed by atoms with E-state index in [1.807, 2.05) is 4.68 Å². The number of rotatable bonds is 7. The van der Waals surface area contributed by atoms with Crippen molar-refractivity contribution in [2.24, 2.45) is 11.8 Å². The van der Waals surface area contributed by atoms with Crippen LogP contribution in [0, 0.1) is 11.8 Å². The van der Waals surface area contributed by atoms with Gasteiger partial charge in [-0.15, -0.1) is 0 Å². The Morgan fingerprint density at radius 2 is 2.10 bits per heavy atom. The average molecular weight is 279 g/mol. The fraction of sp³-hybridized carbons (Fsp3) is 0.867. The highest BCUT2D eigenvalue weighted by Gasteiger charge is 2.16. The molecule has 1 aliphatic heterocycles. The van der Waals surface area contributed by atoms with Crippen LogP contribution >= 0.6 is 0 Å². The molecular weight excluding hydrogens is 250 g/mol. The maximum Gasteiger partial charge on any atom is 0.140 e. The predicted octanol–water partition coefficient (Wildman–Crippen LogP) is 1.76. The van der Waals surface area contributed by atoms with E-state index in [9.17, 15) is 0 Å².